The van der Waals surface area contributed by atoms with Crippen LogP contribution in [0.4, 0.5) is 0 Å². The van der Waals surface area contributed by atoms with Gasteiger partial charge in [0.2, 0.25) is 0 Å². The Kier molecular flexibility index (Phi) is 4.06. The first-order valence-corrected chi connectivity index (χ1v) is 6.54. The van der Waals surface area contributed by atoms with E-state index in [2.05, 4.69) is 16.4 Å². The minimum atomic E-state index is -0.122. The summed E-state index contributed by atoms with van der Waals surface area (Å²) in [6.45, 7) is 0.628. The molecule has 2 aromatic rings. The molecule has 0 unspecified atom stereocenters. The normalized spacial score (nSPS) is 10.1. The molecule has 17 heavy (non-hydrogen) atoms. The number of thiophene rings is 1. The van der Waals surface area contributed by atoms with Crippen molar-refractivity contribution >= 4 is 29.5 Å². The largest absolute Gasteiger partial charge is 0.352 e. The molecule has 0 aliphatic heterocycles. The lowest BCUT2D eigenvalue weighted by Crippen LogP contribution is -2.25. The fraction of sp³-hybridized carbons (Fsp3) is 0.167. The van der Waals surface area contributed by atoms with Gasteiger partial charge in [0.1, 0.15) is 4.64 Å². The number of pyridine rings is 1. The number of H-pyrrole nitrogens is 1. The van der Waals surface area contributed by atoms with Crippen LogP contribution in [0.2, 0.25) is 0 Å². The van der Waals surface area contributed by atoms with E-state index in [0.717, 1.165) is 6.42 Å². The molecule has 0 radical (unpaired) electrons. The van der Waals surface area contributed by atoms with Gasteiger partial charge in [-0.2, -0.15) is 0 Å². The Balaban J connectivity index is 1.90. The third-order valence-corrected chi connectivity index (χ3v) is 3.57. The number of carbonyl (C=O) groups is 1. The highest BCUT2D eigenvalue weighted by Gasteiger charge is 2.06. The van der Waals surface area contributed by atoms with Crippen LogP contribution >= 0.6 is 23.6 Å². The second-order valence-corrected chi connectivity index (χ2v) is 4.94. The number of hydrogen-bond donors (Lipinski definition) is 2. The van der Waals surface area contributed by atoms with Crippen molar-refractivity contribution in [2.75, 3.05) is 6.54 Å². The molecule has 0 aromatic carbocycles. The molecular formula is C12H12N2OS2. The Hall–Kier alpha value is -1.46. The van der Waals surface area contributed by atoms with Gasteiger partial charge in [-0.3, -0.25) is 4.79 Å². The van der Waals surface area contributed by atoms with E-state index in [4.69, 9.17) is 12.2 Å². The van der Waals surface area contributed by atoms with Crippen molar-refractivity contribution in [3.8, 4) is 0 Å². The van der Waals surface area contributed by atoms with E-state index in [1.165, 1.54) is 4.88 Å². The predicted molar refractivity (Wildman–Crippen MR) is 72.0 cm³/mol. The number of rotatable bonds is 4. The highest BCUT2D eigenvalue weighted by molar-refractivity contribution is 7.71. The molecular weight excluding hydrogens is 252 g/mol. The number of hydrogen-bond acceptors (Lipinski definition) is 3. The molecule has 0 fully saturated rings. The maximum atomic E-state index is 11.8. The third-order valence-electron chi connectivity index (χ3n) is 2.30. The highest BCUT2D eigenvalue weighted by Crippen LogP contribution is 2.08. The minimum Gasteiger partial charge on any atom is -0.352 e. The molecule has 2 aromatic heterocycles. The van der Waals surface area contributed by atoms with Gasteiger partial charge in [-0.1, -0.05) is 18.3 Å². The Labute approximate surface area is 109 Å². The van der Waals surface area contributed by atoms with Crippen molar-refractivity contribution in [3.63, 3.8) is 0 Å². The van der Waals surface area contributed by atoms with Gasteiger partial charge in [-0.15, -0.1) is 11.3 Å². The quantitative estimate of drug-likeness (QED) is 0.834. The van der Waals surface area contributed by atoms with Crippen molar-refractivity contribution < 1.29 is 4.79 Å². The van der Waals surface area contributed by atoms with Gasteiger partial charge in [0.25, 0.3) is 5.91 Å². The van der Waals surface area contributed by atoms with Crippen LogP contribution in [0.5, 0.6) is 0 Å². The van der Waals surface area contributed by atoms with E-state index in [0.29, 0.717) is 16.7 Å². The first-order valence-electron chi connectivity index (χ1n) is 5.25. The Morgan fingerprint density at radius 2 is 2.29 bits per heavy atom. The zero-order chi connectivity index (χ0) is 12.1. The van der Waals surface area contributed by atoms with Gasteiger partial charge in [0.15, 0.2) is 0 Å². The lowest BCUT2D eigenvalue weighted by molar-refractivity contribution is 0.0953. The first kappa shape index (κ1) is 12.0. The molecule has 88 valence electrons. The average molecular weight is 264 g/mol. The summed E-state index contributed by atoms with van der Waals surface area (Å²) in [5.74, 6) is -0.122. The van der Waals surface area contributed by atoms with E-state index in [1.54, 1.807) is 29.7 Å². The van der Waals surface area contributed by atoms with E-state index >= 15 is 0 Å². The van der Waals surface area contributed by atoms with Crippen LogP contribution in [0.3, 0.4) is 0 Å². The molecule has 0 spiro atoms. The number of amides is 1. The molecule has 0 aliphatic rings. The zero-order valence-corrected chi connectivity index (χ0v) is 10.7. The molecule has 0 bridgehead atoms. The van der Waals surface area contributed by atoms with Gasteiger partial charge in [0, 0.05) is 17.6 Å². The van der Waals surface area contributed by atoms with E-state index in [1.807, 2.05) is 11.4 Å². The van der Waals surface area contributed by atoms with Crippen molar-refractivity contribution in [3.05, 3.63) is 50.9 Å². The molecule has 2 heterocycles. The van der Waals surface area contributed by atoms with Gasteiger partial charge >= 0.3 is 0 Å². The standard InChI is InChI=1S/C12H12N2OS2/c15-11(10-4-1-6-14-12(10)16)13-7-5-9-3-2-8-17-9/h1-4,6,8H,5,7H2,(H,13,15)(H,14,16). The number of aromatic nitrogens is 1. The number of aromatic amines is 1. The second-order valence-electron chi connectivity index (χ2n) is 3.50. The lowest BCUT2D eigenvalue weighted by Gasteiger charge is -2.04. The smallest absolute Gasteiger partial charge is 0.254 e. The van der Waals surface area contributed by atoms with Crippen LogP contribution in [0.1, 0.15) is 15.2 Å². The topological polar surface area (TPSA) is 44.9 Å². The summed E-state index contributed by atoms with van der Waals surface area (Å²) in [4.78, 5) is 15.9. The van der Waals surface area contributed by atoms with Crippen LogP contribution in [0, 0.1) is 4.64 Å². The molecule has 1 amide bonds. The monoisotopic (exact) mass is 264 g/mol. The molecule has 3 nitrogen and oxygen atoms in total. The molecule has 0 saturated heterocycles. The van der Waals surface area contributed by atoms with Crippen LogP contribution in [-0.4, -0.2) is 17.4 Å². The van der Waals surface area contributed by atoms with E-state index in [9.17, 15) is 4.79 Å². The van der Waals surface area contributed by atoms with Gasteiger partial charge in [-0.25, -0.2) is 0 Å². The summed E-state index contributed by atoms with van der Waals surface area (Å²) >= 11 is 6.74. The summed E-state index contributed by atoms with van der Waals surface area (Å²) < 4.78 is 0.473. The summed E-state index contributed by atoms with van der Waals surface area (Å²) in [6, 6.07) is 7.56. The zero-order valence-electron chi connectivity index (χ0n) is 9.10. The fourth-order valence-corrected chi connectivity index (χ4v) is 2.39. The summed E-state index contributed by atoms with van der Waals surface area (Å²) in [5.41, 5.74) is 0.522. The molecule has 2 N–H and O–H groups in total. The Bertz CT molecular complexity index is 546. The maximum absolute atomic E-state index is 11.8. The van der Waals surface area contributed by atoms with Crippen molar-refractivity contribution in [2.24, 2.45) is 0 Å². The number of nitrogens with one attached hydrogen (secondary N) is 2. The average Bonchev–Trinajstić information content (AvgIpc) is 2.82. The third kappa shape index (κ3) is 3.25. The summed E-state index contributed by atoms with van der Waals surface area (Å²) in [7, 11) is 0. The van der Waals surface area contributed by atoms with Crippen LogP contribution < -0.4 is 5.32 Å². The lowest BCUT2D eigenvalue weighted by atomic mass is 10.2. The van der Waals surface area contributed by atoms with E-state index < -0.39 is 0 Å². The van der Waals surface area contributed by atoms with E-state index in [-0.39, 0.29) is 5.91 Å². The van der Waals surface area contributed by atoms with Crippen LogP contribution in [0.15, 0.2) is 35.8 Å². The van der Waals surface area contributed by atoms with Gasteiger partial charge in [0.05, 0.1) is 5.56 Å². The van der Waals surface area contributed by atoms with Gasteiger partial charge in [-0.05, 0) is 30.0 Å². The molecule has 2 rings (SSSR count). The molecule has 5 heteroatoms. The van der Waals surface area contributed by atoms with Crippen LogP contribution in [0.25, 0.3) is 0 Å². The Morgan fingerprint density at radius 1 is 1.41 bits per heavy atom. The molecule has 0 saturated carbocycles. The predicted octanol–water partition coefficient (Wildman–Crippen LogP) is 2.78. The number of carbonyl (C=O) groups excluding carboxylic acids is 1. The first-order chi connectivity index (χ1) is 8.27. The summed E-state index contributed by atoms with van der Waals surface area (Å²) in [6.07, 6.45) is 2.57. The maximum Gasteiger partial charge on any atom is 0.254 e. The SMILES string of the molecule is O=C(NCCc1cccs1)c1ccc[nH]c1=S. The molecule has 0 atom stereocenters. The van der Waals surface area contributed by atoms with Crippen molar-refractivity contribution in [1.82, 2.24) is 10.3 Å². The second kappa shape index (κ2) is 5.75. The minimum absolute atomic E-state index is 0.122. The Morgan fingerprint density at radius 3 is 3.00 bits per heavy atom. The highest BCUT2D eigenvalue weighted by atomic mass is 32.1. The van der Waals surface area contributed by atoms with Gasteiger partial charge < -0.3 is 10.3 Å². The van der Waals surface area contributed by atoms with Crippen molar-refractivity contribution in [2.45, 2.75) is 6.42 Å². The fourth-order valence-electron chi connectivity index (χ4n) is 1.45. The van der Waals surface area contributed by atoms with Crippen LogP contribution in [-0.2, 0) is 6.42 Å². The summed E-state index contributed by atoms with van der Waals surface area (Å²) in [5, 5.41) is 4.89. The van der Waals surface area contributed by atoms with Crippen molar-refractivity contribution in [1.29, 1.82) is 0 Å². The molecule has 0 aliphatic carbocycles.